The summed E-state index contributed by atoms with van der Waals surface area (Å²) in [6.45, 7) is 11.0. The largest absolute Gasteiger partial charge is 0.176 e. The van der Waals surface area contributed by atoms with Gasteiger partial charge in [-0.15, -0.1) is 0 Å². The van der Waals surface area contributed by atoms with Gasteiger partial charge in [-0.1, -0.05) is 38.3 Å². The molecule has 0 amide bonds. The average molecular weight is 240 g/mol. The third kappa shape index (κ3) is 2.34. The Morgan fingerprint density at radius 1 is 1.25 bits per heavy atom. The average Bonchev–Trinajstić information content (AvgIpc) is 2.59. The van der Waals surface area contributed by atoms with Gasteiger partial charge in [0.1, 0.15) is 0 Å². The first-order valence-electron chi connectivity index (χ1n) is 6.90. The van der Waals surface area contributed by atoms with Gasteiger partial charge in [0.15, 0.2) is 0 Å². The Morgan fingerprint density at radius 2 is 1.88 bits per heavy atom. The van der Waals surface area contributed by atoms with Crippen molar-refractivity contribution in [1.29, 1.82) is 0 Å². The lowest BCUT2D eigenvalue weighted by Crippen LogP contribution is -2.34. The van der Waals surface area contributed by atoms with Crippen LogP contribution in [-0.4, -0.2) is 5.25 Å². The Hall–Kier alpha value is 0.0900. The van der Waals surface area contributed by atoms with Crippen molar-refractivity contribution >= 4 is 12.6 Å². The summed E-state index contributed by atoms with van der Waals surface area (Å²) in [5.41, 5.74) is 3.82. The van der Waals surface area contributed by atoms with E-state index in [-0.39, 0.29) is 0 Å². The fourth-order valence-electron chi connectivity index (χ4n) is 3.78. The Bertz CT molecular complexity index is 263. The van der Waals surface area contributed by atoms with Crippen LogP contribution in [0.5, 0.6) is 0 Å². The minimum atomic E-state index is 0.503. The van der Waals surface area contributed by atoms with Crippen LogP contribution >= 0.6 is 12.6 Å². The smallest absolute Gasteiger partial charge is 0.00534 e. The molecule has 0 saturated heterocycles. The van der Waals surface area contributed by atoms with Crippen molar-refractivity contribution in [3.8, 4) is 0 Å². The van der Waals surface area contributed by atoms with Gasteiger partial charge in [-0.05, 0) is 50.9 Å². The lowest BCUT2D eigenvalue weighted by atomic mass is 9.67. The van der Waals surface area contributed by atoms with Crippen LogP contribution < -0.4 is 0 Å². The van der Waals surface area contributed by atoms with Crippen molar-refractivity contribution in [3.05, 3.63) is 11.1 Å². The van der Waals surface area contributed by atoms with Gasteiger partial charge in [0.2, 0.25) is 0 Å². The standard InChI is InChI=1S/C13H22S.C2H6/c1-9(2)10-6-7-11-12(14)5-4-8-13(10,11)3;1-2/h11-12,14H,4-8H2,1-3H3;1-2H3. The summed E-state index contributed by atoms with van der Waals surface area (Å²) in [7, 11) is 0. The highest BCUT2D eigenvalue weighted by molar-refractivity contribution is 7.81. The van der Waals surface area contributed by atoms with E-state index in [4.69, 9.17) is 12.6 Å². The lowest BCUT2D eigenvalue weighted by molar-refractivity contribution is 0.196. The Balaban J connectivity index is 0.000000606. The number of rotatable bonds is 0. The molecule has 0 spiro atoms. The molecule has 16 heavy (non-hydrogen) atoms. The van der Waals surface area contributed by atoms with Gasteiger partial charge in [0.05, 0.1) is 0 Å². The maximum atomic E-state index is 4.78. The molecule has 2 fully saturated rings. The van der Waals surface area contributed by atoms with Crippen LogP contribution in [0.4, 0.5) is 0 Å². The van der Waals surface area contributed by atoms with Crippen molar-refractivity contribution in [2.24, 2.45) is 11.3 Å². The zero-order valence-corrected chi connectivity index (χ0v) is 12.5. The van der Waals surface area contributed by atoms with Gasteiger partial charge in [0, 0.05) is 5.25 Å². The highest BCUT2D eigenvalue weighted by Crippen LogP contribution is 2.57. The van der Waals surface area contributed by atoms with E-state index in [1.54, 1.807) is 11.1 Å². The summed E-state index contributed by atoms with van der Waals surface area (Å²) in [4.78, 5) is 0. The molecule has 0 heterocycles. The van der Waals surface area contributed by atoms with E-state index in [1.165, 1.54) is 32.1 Å². The number of hydrogen-bond donors (Lipinski definition) is 1. The molecule has 3 unspecified atom stereocenters. The number of hydrogen-bond acceptors (Lipinski definition) is 1. The van der Waals surface area contributed by atoms with Crippen molar-refractivity contribution in [2.75, 3.05) is 0 Å². The summed E-state index contributed by atoms with van der Waals surface area (Å²) < 4.78 is 0. The minimum absolute atomic E-state index is 0.503. The molecule has 0 aliphatic heterocycles. The fraction of sp³-hybridized carbons (Fsp3) is 0.867. The Morgan fingerprint density at radius 3 is 2.44 bits per heavy atom. The molecular formula is C15H28S. The van der Waals surface area contributed by atoms with Crippen LogP contribution in [-0.2, 0) is 0 Å². The van der Waals surface area contributed by atoms with E-state index in [0.29, 0.717) is 10.7 Å². The summed E-state index contributed by atoms with van der Waals surface area (Å²) in [5, 5.41) is 0.658. The summed E-state index contributed by atoms with van der Waals surface area (Å²) in [5.74, 6) is 0.851. The van der Waals surface area contributed by atoms with Crippen LogP contribution in [0, 0.1) is 11.3 Å². The molecule has 0 N–H and O–H groups in total. The quantitative estimate of drug-likeness (QED) is 0.434. The zero-order valence-electron chi connectivity index (χ0n) is 11.6. The normalized spacial score (nSPS) is 37.5. The number of fused-ring (bicyclic) bond motifs is 1. The maximum absolute atomic E-state index is 4.78. The van der Waals surface area contributed by atoms with E-state index in [9.17, 15) is 0 Å². The summed E-state index contributed by atoms with van der Waals surface area (Å²) in [6, 6.07) is 0. The Labute approximate surface area is 107 Å². The molecule has 0 radical (unpaired) electrons. The molecule has 2 saturated carbocycles. The molecule has 0 aromatic rings. The first-order valence-corrected chi connectivity index (χ1v) is 7.42. The molecule has 1 heteroatoms. The first kappa shape index (κ1) is 14.2. The molecule has 94 valence electrons. The molecule has 0 nitrogen and oxygen atoms in total. The van der Waals surface area contributed by atoms with E-state index < -0.39 is 0 Å². The van der Waals surface area contributed by atoms with Gasteiger partial charge >= 0.3 is 0 Å². The van der Waals surface area contributed by atoms with Gasteiger partial charge < -0.3 is 0 Å². The van der Waals surface area contributed by atoms with Crippen LogP contribution in [0.2, 0.25) is 0 Å². The van der Waals surface area contributed by atoms with Crippen molar-refractivity contribution in [3.63, 3.8) is 0 Å². The van der Waals surface area contributed by atoms with E-state index >= 15 is 0 Å². The minimum Gasteiger partial charge on any atom is -0.176 e. The van der Waals surface area contributed by atoms with Gasteiger partial charge in [-0.2, -0.15) is 12.6 Å². The topological polar surface area (TPSA) is 0 Å². The molecular weight excluding hydrogens is 212 g/mol. The van der Waals surface area contributed by atoms with Crippen LogP contribution in [0.1, 0.15) is 66.7 Å². The first-order chi connectivity index (χ1) is 7.55. The molecule has 3 atom stereocenters. The maximum Gasteiger partial charge on any atom is 0.00534 e. The second kappa shape index (κ2) is 5.62. The van der Waals surface area contributed by atoms with Gasteiger partial charge in [0.25, 0.3) is 0 Å². The molecule has 2 rings (SSSR count). The van der Waals surface area contributed by atoms with Crippen LogP contribution in [0.3, 0.4) is 0 Å². The Kier molecular flexibility index (Phi) is 4.97. The predicted octanol–water partition coefficient (Wildman–Crippen LogP) is 5.25. The van der Waals surface area contributed by atoms with Crippen LogP contribution in [0.25, 0.3) is 0 Å². The van der Waals surface area contributed by atoms with Crippen LogP contribution in [0.15, 0.2) is 11.1 Å². The molecule has 0 aromatic heterocycles. The third-order valence-electron chi connectivity index (χ3n) is 4.48. The predicted molar refractivity (Wildman–Crippen MR) is 77.2 cm³/mol. The molecule has 0 aromatic carbocycles. The highest BCUT2D eigenvalue weighted by Gasteiger charge is 2.47. The zero-order chi connectivity index (χ0) is 12.3. The molecule has 0 bridgehead atoms. The number of allylic oxidation sites excluding steroid dienone is 2. The second-order valence-corrected chi connectivity index (χ2v) is 6.16. The number of thiol groups is 1. The molecule has 2 aliphatic rings. The van der Waals surface area contributed by atoms with Gasteiger partial charge in [-0.25, -0.2) is 0 Å². The van der Waals surface area contributed by atoms with Crippen molar-refractivity contribution in [2.45, 2.75) is 72.0 Å². The summed E-state index contributed by atoms with van der Waals surface area (Å²) >= 11 is 4.78. The van der Waals surface area contributed by atoms with E-state index in [2.05, 4.69) is 20.8 Å². The van der Waals surface area contributed by atoms with Crippen molar-refractivity contribution in [1.82, 2.24) is 0 Å². The highest BCUT2D eigenvalue weighted by atomic mass is 32.1. The fourth-order valence-corrected chi connectivity index (χ4v) is 4.44. The van der Waals surface area contributed by atoms with E-state index in [0.717, 1.165) is 5.92 Å². The molecule has 2 aliphatic carbocycles. The summed E-state index contributed by atoms with van der Waals surface area (Å²) in [6.07, 6.45) is 6.82. The van der Waals surface area contributed by atoms with Gasteiger partial charge in [-0.3, -0.25) is 0 Å². The third-order valence-corrected chi connectivity index (χ3v) is 5.10. The van der Waals surface area contributed by atoms with E-state index in [1.807, 2.05) is 13.8 Å². The lowest BCUT2D eigenvalue weighted by Gasteiger charge is -2.41. The SMILES string of the molecule is CC.CC(C)=C1CCC2C(S)CCCC12C. The van der Waals surface area contributed by atoms with Crippen molar-refractivity contribution < 1.29 is 0 Å². The second-order valence-electron chi connectivity index (χ2n) is 5.50. The monoisotopic (exact) mass is 240 g/mol.